The summed E-state index contributed by atoms with van der Waals surface area (Å²) in [5, 5.41) is 2.99. The number of nitrogens with one attached hydrogen (secondary N) is 1. The minimum atomic E-state index is -0.159. The number of hydrogen-bond acceptors (Lipinski definition) is 3. The van der Waals surface area contributed by atoms with E-state index in [0.29, 0.717) is 11.3 Å². The molecule has 0 heterocycles. The summed E-state index contributed by atoms with van der Waals surface area (Å²) >= 11 is 0. The SMILES string of the molecule is COc1cccc(C(=O)N[C@H](C)c2cc(C)ccc2OC)c1. The summed E-state index contributed by atoms with van der Waals surface area (Å²) in [6.45, 7) is 3.95. The van der Waals surface area contributed by atoms with Crippen LogP contribution in [0.25, 0.3) is 0 Å². The molecule has 1 amide bonds. The average Bonchev–Trinajstić information content (AvgIpc) is 2.54. The molecule has 0 saturated heterocycles. The molecular weight excluding hydrogens is 278 g/mol. The minimum absolute atomic E-state index is 0.144. The van der Waals surface area contributed by atoms with E-state index in [2.05, 4.69) is 5.32 Å². The molecule has 0 bridgehead atoms. The number of hydrogen-bond donors (Lipinski definition) is 1. The van der Waals surface area contributed by atoms with Crippen LogP contribution in [0.3, 0.4) is 0 Å². The first-order valence-electron chi connectivity index (χ1n) is 7.14. The number of carbonyl (C=O) groups excluding carboxylic acids is 1. The highest BCUT2D eigenvalue weighted by molar-refractivity contribution is 5.94. The second-order valence-electron chi connectivity index (χ2n) is 5.17. The van der Waals surface area contributed by atoms with E-state index in [1.165, 1.54) is 0 Å². The standard InChI is InChI=1S/C18H21NO3/c1-12-8-9-17(22-4)16(10-12)13(2)19-18(20)14-6-5-7-15(11-14)21-3/h5-11,13H,1-4H3,(H,19,20)/t13-/m1/s1. The first-order chi connectivity index (χ1) is 10.5. The van der Waals surface area contributed by atoms with Gasteiger partial charge in [-0.1, -0.05) is 23.8 Å². The summed E-state index contributed by atoms with van der Waals surface area (Å²) in [4.78, 5) is 12.4. The maximum atomic E-state index is 12.4. The highest BCUT2D eigenvalue weighted by Gasteiger charge is 2.15. The molecule has 0 spiro atoms. The van der Waals surface area contributed by atoms with Crippen molar-refractivity contribution in [3.8, 4) is 11.5 Å². The van der Waals surface area contributed by atoms with E-state index in [9.17, 15) is 4.79 Å². The van der Waals surface area contributed by atoms with Gasteiger partial charge in [-0.3, -0.25) is 4.79 Å². The van der Waals surface area contributed by atoms with Gasteiger partial charge in [0.05, 0.1) is 20.3 Å². The Morgan fingerprint density at radius 2 is 1.86 bits per heavy atom. The summed E-state index contributed by atoms with van der Waals surface area (Å²) < 4.78 is 10.5. The Morgan fingerprint density at radius 3 is 2.55 bits per heavy atom. The van der Waals surface area contributed by atoms with E-state index < -0.39 is 0 Å². The van der Waals surface area contributed by atoms with Gasteiger partial charge in [-0.25, -0.2) is 0 Å². The van der Waals surface area contributed by atoms with Crippen LogP contribution >= 0.6 is 0 Å². The molecule has 4 heteroatoms. The molecule has 0 unspecified atom stereocenters. The van der Waals surface area contributed by atoms with Crippen molar-refractivity contribution in [2.24, 2.45) is 0 Å². The van der Waals surface area contributed by atoms with Gasteiger partial charge in [-0.2, -0.15) is 0 Å². The van der Waals surface area contributed by atoms with E-state index in [1.807, 2.05) is 38.1 Å². The first kappa shape index (κ1) is 15.9. The molecule has 4 nitrogen and oxygen atoms in total. The smallest absolute Gasteiger partial charge is 0.251 e. The highest BCUT2D eigenvalue weighted by atomic mass is 16.5. The Morgan fingerprint density at radius 1 is 1.09 bits per heavy atom. The molecule has 0 aromatic heterocycles. The number of carbonyl (C=O) groups is 1. The quantitative estimate of drug-likeness (QED) is 0.919. The van der Waals surface area contributed by atoms with Crippen LogP contribution in [-0.4, -0.2) is 20.1 Å². The van der Waals surface area contributed by atoms with Crippen LogP contribution in [0, 0.1) is 6.92 Å². The minimum Gasteiger partial charge on any atom is -0.497 e. The van der Waals surface area contributed by atoms with Crippen molar-refractivity contribution >= 4 is 5.91 Å². The molecule has 0 aliphatic heterocycles. The van der Waals surface area contributed by atoms with Gasteiger partial charge in [0.15, 0.2) is 0 Å². The molecule has 2 aromatic carbocycles. The number of ether oxygens (including phenoxy) is 2. The van der Waals surface area contributed by atoms with Gasteiger partial charge in [-0.15, -0.1) is 0 Å². The first-order valence-corrected chi connectivity index (χ1v) is 7.14. The van der Waals surface area contributed by atoms with Crippen LogP contribution in [0.5, 0.6) is 11.5 Å². The highest BCUT2D eigenvalue weighted by Crippen LogP contribution is 2.26. The fraction of sp³-hybridized carbons (Fsp3) is 0.278. The normalized spacial score (nSPS) is 11.6. The van der Waals surface area contributed by atoms with E-state index in [-0.39, 0.29) is 11.9 Å². The van der Waals surface area contributed by atoms with Gasteiger partial charge in [0, 0.05) is 11.1 Å². The largest absolute Gasteiger partial charge is 0.497 e. The number of benzene rings is 2. The van der Waals surface area contributed by atoms with Crippen molar-refractivity contribution in [3.63, 3.8) is 0 Å². The lowest BCUT2D eigenvalue weighted by atomic mass is 10.0. The number of methoxy groups -OCH3 is 2. The molecule has 1 atom stereocenters. The van der Waals surface area contributed by atoms with E-state index in [1.54, 1.807) is 32.4 Å². The third-order valence-corrected chi connectivity index (χ3v) is 3.53. The molecule has 0 aliphatic rings. The van der Waals surface area contributed by atoms with Crippen molar-refractivity contribution in [1.29, 1.82) is 0 Å². The van der Waals surface area contributed by atoms with Crippen molar-refractivity contribution in [2.45, 2.75) is 19.9 Å². The van der Waals surface area contributed by atoms with Crippen LogP contribution in [0.15, 0.2) is 42.5 Å². The van der Waals surface area contributed by atoms with Gasteiger partial charge in [0.25, 0.3) is 5.91 Å². The van der Waals surface area contributed by atoms with Gasteiger partial charge >= 0.3 is 0 Å². The molecule has 0 radical (unpaired) electrons. The number of aryl methyl sites for hydroxylation is 1. The van der Waals surface area contributed by atoms with Crippen LogP contribution in [-0.2, 0) is 0 Å². The molecule has 0 aliphatic carbocycles. The van der Waals surface area contributed by atoms with Crippen molar-refractivity contribution in [2.75, 3.05) is 14.2 Å². The van der Waals surface area contributed by atoms with Crippen LogP contribution in [0.4, 0.5) is 0 Å². The summed E-state index contributed by atoms with van der Waals surface area (Å²) in [7, 11) is 3.21. The second kappa shape index (κ2) is 6.98. The summed E-state index contributed by atoms with van der Waals surface area (Å²) in [5.74, 6) is 1.28. The molecular formula is C18H21NO3. The van der Waals surface area contributed by atoms with Gasteiger partial charge in [0.2, 0.25) is 0 Å². The number of amides is 1. The zero-order valence-electron chi connectivity index (χ0n) is 13.3. The third-order valence-electron chi connectivity index (χ3n) is 3.53. The van der Waals surface area contributed by atoms with Crippen LogP contribution in [0.1, 0.15) is 34.5 Å². The van der Waals surface area contributed by atoms with Crippen molar-refractivity contribution in [1.82, 2.24) is 5.32 Å². The maximum Gasteiger partial charge on any atom is 0.251 e. The molecule has 116 valence electrons. The second-order valence-corrected chi connectivity index (χ2v) is 5.17. The Hall–Kier alpha value is -2.49. The zero-order chi connectivity index (χ0) is 16.1. The number of rotatable bonds is 5. The average molecular weight is 299 g/mol. The van der Waals surface area contributed by atoms with Gasteiger partial charge in [0.1, 0.15) is 11.5 Å². The predicted octanol–water partition coefficient (Wildman–Crippen LogP) is 3.50. The molecule has 22 heavy (non-hydrogen) atoms. The van der Waals surface area contributed by atoms with Gasteiger partial charge < -0.3 is 14.8 Å². The lowest BCUT2D eigenvalue weighted by molar-refractivity contribution is 0.0939. The Labute approximate surface area is 131 Å². The predicted molar refractivity (Wildman–Crippen MR) is 86.6 cm³/mol. The molecule has 1 N–H and O–H groups in total. The molecule has 2 aromatic rings. The zero-order valence-corrected chi connectivity index (χ0v) is 13.3. The van der Waals surface area contributed by atoms with E-state index in [4.69, 9.17) is 9.47 Å². The Kier molecular flexibility index (Phi) is 5.04. The lowest BCUT2D eigenvalue weighted by Crippen LogP contribution is -2.27. The Balaban J connectivity index is 2.19. The lowest BCUT2D eigenvalue weighted by Gasteiger charge is -2.18. The fourth-order valence-electron chi connectivity index (χ4n) is 2.31. The monoisotopic (exact) mass is 299 g/mol. The van der Waals surface area contributed by atoms with Crippen LogP contribution in [0.2, 0.25) is 0 Å². The van der Waals surface area contributed by atoms with E-state index >= 15 is 0 Å². The summed E-state index contributed by atoms with van der Waals surface area (Å²) in [6, 6.07) is 12.9. The van der Waals surface area contributed by atoms with Crippen molar-refractivity contribution in [3.05, 3.63) is 59.2 Å². The van der Waals surface area contributed by atoms with E-state index in [0.717, 1.165) is 16.9 Å². The fourth-order valence-corrected chi connectivity index (χ4v) is 2.31. The van der Waals surface area contributed by atoms with Crippen LogP contribution < -0.4 is 14.8 Å². The topological polar surface area (TPSA) is 47.6 Å². The molecule has 2 rings (SSSR count). The maximum absolute atomic E-state index is 12.4. The third kappa shape index (κ3) is 3.58. The Bertz CT molecular complexity index is 667. The summed E-state index contributed by atoms with van der Waals surface area (Å²) in [6.07, 6.45) is 0. The molecule has 0 fully saturated rings. The van der Waals surface area contributed by atoms with Gasteiger partial charge in [-0.05, 0) is 38.1 Å². The van der Waals surface area contributed by atoms with Crippen molar-refractivity contribution < 1.29 is 14.3 Å². The summed E-state index contributed by atoms with van der Waals surface area (Å²) in [5.41, 5.74) is 2.65. The molecule has 0 saturated carbocycles.